The lowest BCUT2D eigenvalue weighted by Gasteiger charge is -2.33. The Morgan fingerprint density at radius 2 is 1.63 bits per heavy atom. The average molecular weight is 289 g/mol. The molecule has 19 heavy (non-hydrogen) atoms. The maximum Gasteiger partial charge on any atom is 0.150 e. The predicted molar refractivity (Wildman–Crippen MR) is 76.9 cm³/mol. The van der Waals surface area contributed by atoms with Crippen LogP contribution in [0.3, 0.4) is 0 Å². The summed E-state index contributed by atoms with van der Waals surface area (Å²) in [6.45, 7) is 3.42. The van der Waals surface area contributed by atoms with Gasteiger partial charge in [0.15, 0.2) is 0 Å². The number of likely N-dealkylation sites (tertiary alicyclic amines) is 1. The summed E-state index contributed by atoms with van der Waals surface area (Å²) in [7, 11) is -2.79. The molecule has 5 heteroatoms. The number of aliphatic hydroxyl groups excluding tert-OH is 1. The van der Waals surface area contributed by atoms with Crippen LogP contribution in [-0.2, 0) is 9.84 Å². The van der Waals surface area contributed by atoms with Crippen LogP contribution < -0.4 is 0 Å². The molecule has 2 fully saturated rings. The Labute approximate surface area is 117 Å². The van der Waals surface area contributed by atoms with Gasteiger partial charge in [0.2, 0.25) is 0 Å². The molecule has 2 heterocycles. The molecule has 0 aliphatic carbocycles. The van der Waals surface area contributed by atoms with E-state index < -0.39 is 9.84 Å². The molecule has 0 saturated carbocycles. The smallest absolute Gasteiger partial charge is 0.150 e. The monoisotopic (exact) mass is 289 g/mol. The maximum absolute atomic E-state index is 11.5. The molecule has 2 saturated heterocycles. The van der Waals surface area contributed by atoms with E-state index in [0.717, 1.165) is 32.5 Å². The lowest BCUT2D eigenvalue weighted by molar-refractivity contribution is 0.117. The Balaban J connectivity index is 1.85. The third-order valence-corrected chi connectivity index (χ3v) is 6.41. The fourth-order valence-electron chi connectivity index (χ4n) is 3.39. The van der Waals surface area contributed by atoms with E-state index >= 15 is 0 Å². The van der Waals surface area contributed by atoms with Crippen LogP contribution in [0, 0.1) is 11.8 Å². The topological polar surface area (TPSA) is 57.6 Å². The molecule has 2 aliphatic rings. The molecule has 2 rings (SSSR count). The van der Waals surface area contributed by atoms with Gasteiger partial charge in [-0.25, -0.2) is 8.42 Å². The second-order valence-corrected chi connectivity index (χ2v) is 8.45. The largest absolute Gasteiger partial charge is 0.396 e. The molecule has 0 bridgehead atoms. The molecule has 0 aromatic heterocycles. The van der Waals surface area contributed by atoms with Crippen molar-refractivity contribution in [2.75, 3.05) is 37.7 Å². The first-order valence-corrected chi connectivity index (χ1v) is 9.46. The molecule has 112 valence electrons. The predicted octanol–water partition coefficient (Wildman–Crippen LogP) is 1.30. The Kier molecular flexibility index (Phi) is 5.66. The van der Waals surface area contributed by atoms with Crippen LogP contribution in [0.4, 0.5) is 0 Å². The molecule has 1 atom stereocenters. The van der Waals surface area contributed by atoms with Crippen molar-refractivity contribution in [3.8, 4) is 0 Å². The van der Waals surface area contributed by atoms with Crippen molar-refractivity contribution >= 4 is 9.84 Å². The number of hydrogen-bond acceptors (Lipinski definition) is 4. The van der Waals surface area contributed by atoms with Gasteiger partial charge >= 0.3 is 0 Å². The van der Waals surface area contributed by atoms with Gasteiger partial charge < -0.3 is 10.0 Å². The lowest BCUT2D eigenvalue weighted by atomic mass is 9.87. The molecule has 0 aromatic carbocycles. The minimum Gasteiger partial charge on any atom is -0.396 e. The first-order valence-electron chi connectivity index (χ1n) is 7.64. The van der Waals surface area contributed by atoms with Crippen molar-refractivity contribution in [2.45, 2.75) is 38.5 Å². The summed E-state index contributed by atoms with van der Waals surface area (Å²) in [5.74, 6) is 1.27. The average Bonchev–Trinajstić information content (AvgIpc) is 2.65. The van der Waals surface area contributed by atoms with E-state index in [1.165, 1.54) is 25.7 Å². The first-order chi connectivity index (χ1) is 9.11. The van der Waals surface area contributed by atoms with Crippen molar-refractivity contribution in [3.63, 3.8) is 0 Å². The van der Waals surface area contributed by atoms with E-state index in [1.54, 1.807) is 0 Å². The van der Waals surface area contributed by atoms with Gasteiger partial charge in [0.1, 0.15) is 9.84 Å². The van der Waals surface area contributed by atoms with Crippen LogP contribution >= 0.6 is 0 Å². The Morgan fingerprint density at radius 1 is 1.05 bits per heavy atom. The van der Waals surface area contributed by atoms with Crippen LogP contribution in [0.1, 0.15) is 38.5 Å². The third-order valence-electron chi connectivity index (χ3n) is 4.69. The second-order valence-electron chi connectivity index (χ2n) is 6.15. The van der Waals surface area contributed by atoms with Crippen LogP contribution in [0.25, 0.3) is 0 Å². The number of rotatable bonds is 4. The summed E-state index contributed by atoms with van der Waals surface area (Å²) < 4.78 is 22.9. The van der Waals surface area contributed by atoms with Crippen LogP contribution in [0.15, 0.2) is 0 Å². The normalized spacial score (nSPS) is 27.8. The van der Waals surface area contributed by atoms with Gasteiger partial charge in [0.25, 0.3) is 0 Å². The highest BCUT2D eigenvalue weighted by Gasteiger charge is 2.30. The minimum atomic E-state index is -2.79. The number of hydrogen-bond donors (Lipinski definition) is 1. The van der Waals surface area contributed by atoms with E-state index in [2.05, 4.69) is 4.90 Å². The molecular weight excluding hydrogens is 262 g/mol. The summed E-state index contributed by atoms with van der Waals surface area (Å²) >= 11 is 0. The SMILES string of the molecule is O=S1(=O)CCC(C(CO)CN2CCCCCC2)CC1. The number of aliphatic hydroxyl groups is 1. The van der Waals surface area contributed by atoms with Gasteiger partial charge in [0.05, 0.1) is 11.5 Å². The van der Waals surface area contributed by atoms with E-state index in [0.29, 0.717) is 17.4 Å². The molecule has 0 amide bonds. The maximum atomic E-state index is 11.5. The highest BCUT2D eigenvalue weighted by atomic mass is 32.2. The summed E-state index contributed by atoms with van der Waals surface area (Å²) in [5.41, 5.74) is 0. The van der Waals surface area contributed by atoms with Crippen molar-refractivity contribution in [2.24, 2.45) is 11.8 Å². The van der Waals surface area contributed by atoms with Crippen molar-refractivity contribution in [1.29, 1.82) is 0 Å². The summed E-state index contributed by atoms with van der Waals surface area (Å²) in [6, 6.07) is 0. The molecule has 1 N–H and O–H groups in total. The van der Waals surface area contributed by atoms with Gasteiger partial charge in [-0.15, -0.1) is 0 Å². The van der Waals surface area contributed by atoms with Crippen molar-refractivity contribution in [3.05, 3.63) is 0 Å². The summed E-state index contributed by atoms with van der Waals surface area (Å²) in [6.07, 6.45) is 6.64. The van der Waals surface area contributed by atoms with Gasteiger partial charge in [-0.3, -0.25) is 0 Å². The minimum absolute atomic E-state index is 0.196. The van der Waals surface area contributed by atoms with E-state index in [1.807, 2.05) is 0 Å². The molecule has 0 spiro atoms. The molecule has 4 nitrogen and oxygen atoms in total. The van der Waals surface area contributed by atoms with Gasteiger partial charge in [-0.05, 0) is 50.6 Å². The van der Waals surface area contributed by atoms with E-state index in [4.69, 9.17) is 0 Å². The zero-order valence-electron chi connectivity index (χ0n) is 11.8. The highest BCUT2D eigenvalue weighted by molar-refractivity contribution is 7.91. The summed E-state index contributed by atoms with van der Waals surface area (Å²) in [4.78, 5) is 2.47. The van der Waals surface area contributed by atoms with E-state index in [9.17, 15) is 13.5 Å². The van der Waals surface area contributed by atoms with Crippen molar-refractivity contribution < 1.29 is 13.5 Å². The third kappa shape index (κ3) is 4.72. The molecule has 1 unspecified atom stereocenters. The Morgan fingerprint density at radius 3 is 2.16 bits per heavy atom. The lowest BCUT2D eigenvalue weighted by Crippen LogP contribution is -2.38. The zero-order valence-corrected chi connectivity index (χ0v) is 12.6. The van der Waals surface area contributed by atoms with Gasteiger partial charge in [0, 0.05) is 13.2 Å². The van der Waals surface area contributed by atoms with Gasteiger partial charge in [-0.1, -0.05) is 12.8 Å². The highest BCUT2D eigenvalue weighted by Crippen LogP contribution is 2.27. The van der Waals surface area contributed by atoms with Crippen LogP contribution in [0.2, 0.25) is 0 Å². The van der Waals surface area contributed by atoms with Gasteiger partial charge in [-0.2, -0.15) is 0 Å². The van der Waals surface area contributed by atoms with Crippen molar-refractivity contribution in [1.82, 2.24) is 4.90 Å². The van der Waals surface area contributed by atoms with E-state index in [-0.39, 0.29) is 12.5 Å². The Bertz CT molecular complexity index is 347. The Hall–Kier alpha value is -0.130. The number of sulfone groups is 1. The quantitative estimate of drug-likeness (QED) is 0.847. The molecule has 0 aromatic rings. The molecular formula is C14H27NO3S. The molecule has 2 aliphatic heterocycles. The van der Waals surface area contributed by atoms with Crippen LogP contribution in [0.5, 0.6) is 0 Å². The molecule has 0 radical (unpaired) electrons. The summed E-state index contributed by atoms with van der Waals surface area (Å²) in [5, 5.41) is 9.63. The second kappa shape index (κ2) is 7.04. The van der Waals surface area contributed by atoms with Crippen LogP contribution in [-0.4, -0.2) is 56.2 Å². The fraction of sp³-hybridized carbons (Fsp3) is 1.00. The standard InChI is InChI=1S/C14H27NO3S/c16-12-14(11-15-7-3-1-2-4-8-15)13-5-9-19(17,18)10-6-13/h13-14,16H,1-12H2. The zero-order chi connectivity index (χ0) is 13.7. The number of nitrogens with zero attached hydrogens (tertiary/aromatic N) is 1. The fourth-order valence-corrected chi connectivity index (χ4v) is 4.91. The first kappa shape index (κ1) is 15.3.